The Morgan fingerprint density at radius 3 is 2.07 bits per heavy atom. The van der Waals surface area contributed by atoms with E-state index in [-0.39, 0.29) is 6.54 Å². The number of nitrogens with zero attached hydrogens (tertiary/aromatic N) is 1. The molecule has 0 saturated carbocycles. The van der Waals surface area contributed by atoms with Gasteiger partial charge in [0, 0.05) is 0 Å². The molecule has 0 fully saturated rings. The van der Waals surface area contributed by atoms with E-state index in [4.69, 9.17) is 15.5 Å². The highest BCUT2D eigenvalue weighted by Crippen LogP contribution is 2.42. The summed E-state index contributed by atoms with van der Waals surface area (Å²) in [6, 6.07) is -1.14. The predicted molar refractivity (Wildman–Crippen MR) is 51.7 cm³/mol. The van der Waals surface area contributed by atoms with Crippen molar-refractivity contribution in [1.82, 2.24) is 0 Å². The van der Waals surface area contributed by atoms with E-state index in [0.29, 0.717) is 4.48 Å². The number of nitrogens with two attached hydrogens (primary N) is 1. The van der Waals surface area contributed by atoms with Crippen molar-refractivity contribution >= 4 is 13.6 Å². The topological polar surface area (TPSA) is 124 Å². The third-order valence-corrected chi connectivity index (χ3v) is 3.09. The van der Waals surface area contributed by atoms with Crippen LogP contribution < -0.4 is 10.8 Å². The second-order valence-corrected chi connectivity index (χ2v) is 6.22. The molecule has 0 bridgehead atoms. The Morgan fingerprint density at radius 1 is 1.47 bits per heavy atom. The van der Waals surface area contributed by atoms with Crippen LogP contribution >= 0.6 is 7.60 Å². The first-order chi connectivity index (χ1) is 6.45. The standard InChI is InChI=1S/C7H17N2O5P/c1-9(2,3)4-5(8)6(7(10)11)15(12,13)14/h5-6H,4,8H2,1-3H3,(H2-,10,11,12,13,14)/t5?,6-/m1/s1. The van der Waals surface area contributed by atoms with E-state index in [2.05, 4.69) is 0 Å². The molecule has 0 aliphatic carbocycles. The Morgan fingerprint density at radius 2 is 1.87 bits per heavy atom. The number of aliphatic carboxylic acids is 1. The lowest BCUT2D eigenvalue weighted by Crippen LogP contribution is -2.55. The summed E-state index contributed by atoms with van der Waals surface area (Å²) in [5.41, 5.74) is 3.51. The van der Waals surface area contributed by atoms with E-state index in [0.717, 1.165) is 0 Å². The van der Waals surface area contributed by atoms with Gasteiger partial charge in [-0.15, -0.1) is 0 Å². The summed E-state index contributed by atoms with van der Waals surface area (Å²) in [4.78, 5) is 28.2. The van der Waals surface area contributed by atoms with Gasteiger partial charge in [0.05, 0.1) is 39.7 Å². The number of carboxylic acid groups (broad SMARTS) is 1. The molecule has 15 heavy (non-hydrogen) atoms. The zero-order valence-electron chi connectivity index (χ0n) is 8.95. The minimum absolute atomic E-state index is 0.129. The summed E-state index contributed by atoms with van der Waals surface area (Å²) in [7, 11) is 0.455. The number of carbonyl (C=O) groups is 1. The normalized spacial score (nSPS) is 17.2. The highest BCUT2D eigenvalue weighted by molar-refractivity contribution is 7.53. The Labute approximate surface area is 88.2 Å². The fraction of sp³-hybridized carbons (Fsp3) is 0.857. The van der Waals surface area contributed by atoms with Crippen molar-refractivity contribution in [3.05, 3.63) is 0 Å². The monoisotopic (exact) mass is 240 g/mol. The van der Waals surface area contributed by atoms with Crippen molar-refractivity contribution < 1.29 is 28.7 Å². The second kappa shape index (κ2) is 4.59. The van der Waals surface area contributed by atoms with Crippen LogP contribution in [0.4, 0.5) is 0 Å². The highest BCUT2D eigenvalue weighted by Gasteiger charge is 2.38. The number of likely N-dealkylation sites (N-methyl/N-ethyl adjacent to an activating group) is 1. The molecule has 0 aromatic carbocycles. The van der Waals surface area contributed by atoms with E-state index < -0.39 is 25.3 Å². The molecular weight excluding hydrogens is 223 g/mol. The van der Waals surface area contributed by atoms with Crippen LogP contribution in [0.25, 0.3) is 0 Å². The predicted octanol–water partition coefficient (Wildman–Crippen LogP) is -2.68. The van der Waals surface area contributed by atoms with Crippen LogP contribution in [0.15, 0.2) is 0 Å². The van der Waals surface area contributed by atoms with Crippen LogP contribution in [0.5, 0.6) is 0 Å². The summed E-state index contributed by atoms with van der Waals surface area (Å²) >= 11 is 0. The van der Waals surface area contributed by atoms with Gasteiger partial charge < -0.3 is 29.9 Å². The number of hydrogen-bond donors (Lipinski definition) is 3. The maximum atomic E-state index is 10.9. The van der Waals surface area contributed by atoms with Crippen LogP contribution in [0.2, 0.25) is 0 Å². The van der Waals surface area contributed by atoms with Crippen molar-refractivity contribution in [3.63, 3.8) is 0 Å². The fourth-order valence-corrected chi connectivity index (χ4v) is 2.16. The first-order valence-electron chi connectivity index (χ1n) is 4.27. The summed E-state index contributed by atoms with van der Waals surface area (Å²) in [6.07, 6.45) is 0. The third-order valence-electron chi connectivity index (χ3n) is 1.77. The van der Waals surface area contributed by atoms with Crippen molar-refractivity contribution in [2.45, 2.75) is 11.7 Å². The van der Waals surface area contributed by atoms with Crippen molar-refractivity contribution in [2.24, 2.45) is 5.73 Å². The Bertz CT molecular complexity index is 282. The zero-order valence-corrected chi connectivity index (χ0v) is 9.85. The lowest BCUT2D eigenvalue weighted by atomic mass is 10.2. The molecule has 0 spiro atoms. The van der Waals surface area contributed by atoms with Crippen molar-refractivity contribution in [1.29, 1.82) is 0 Å². The molecule has 0 rings (SSSR count). The lowest BCUT2D eigenvalue weighted by Gasteiger charge is -2.32. The SMILES string of the molecule is C[N+](C)(C)CC(N)[C@H](C(=O)[O-])P(=O)(O)O. The van der Waals surface area contributed by atoms with Gasteiger partial charge in [-0.05, 0) is 0 Å². The molecule has 0 saturated heterocycles. The first kappa shape index (κ1) is 14.5. The Balaban J connectivity index is 4.82. The molecular formula is C7H17N2O5P. The summed E-state index contributed by atoms with van der Waals surface area (Å²) in [5, 5.41) is 10.6. The highest BCUT2D eigenvalue weighted by atomic mass is 31.2. The molecule has 0 radical (unpaired) electrons. The number of carbonyl (C=O) groups excluding carboxylic acids is 1. The van der Waals surface area contributed by atoms with Gasteiger partial charge in [-0.25, -0.2) is 0 Å². The molecule has 0 aromatic heterocycles. The van der Waals surface area contributed by atoms with Gasteiger partial charge in [0.1, 0.15) is 5.66 Å². The lowest BCUT2D eigenvalue weighted by molar-refractivity contribution is -0.871. The van der Waals surface area contributed by atoms with E-state index in [1.165, 1.54) is 0 Å². The van der Waals surface area contributed by atoms with Crippen LogP contribution in [-0.2, 0) is 9.36 Å². The first-order valence-corrected chi connectivity index (χ1v) is 5.95. The minimum atomic E-state index is -4.77. The number of hydrogen-bond acceptors (Lipinski definition) is 4. The molecule has 7 nitrogen and oxygen atoms in total. The average Bonchev–Trinajstić information content (AvgIpc) is 1.74. The molecule has 4 N–H and O–H groups in total. The fourth-order valence-electron chi connectivity index (χ4n) is 1.29. The van der Waals surface area contributed by atoms with Crippen LogP contribution in [-0.4, -0.2) is 59.6 Å². The summed E-state index contributed by atoms with van der Waals surface area (Å²) in [5.74, 6) is -1.82. The third kappa shape index (κ3) is 5.25. The Kier molecular flexibility index (Phi) is 4.45. The zero-order chi connectivity index (χ0) is 12.4. The van der Waals surface area contributed by atoms with E-state index in [1.807, 2.05) is 0 Å². The molecule has 1 unspecified atom stereocenters. The van der Waals surface area contributed by atoms with Gasteiger partial charge in [-0.2, -0.15) is 0 Å². The van der Waals surface area contributed by atoms with Gasteiger partial charge in [-0.1, -0.05) is 0 Å². The summed E-state index contributed by atoms with van der Waals surface area (Å²) in [6.45, 7) is 0.129. The molecule has 0 heterocycles. The largest absolute Gasteiger partial charge is 0.549 e. The number of rotatable bonds is 5. The molecule has 2 atom stereocenters. The molecule has 0 aliphatic rings. The van der Waals surface area contributed by atoms with Gasteiger partial charge in [0.15, 0.2) is 0 Å². The van der Waals surface area contributed by atoms with Gasteiger partial charge in [0.2, 0.25) is 0 Å². The second-order valence-electron chi connectivity index (χ2n) is 4.49. The smallest absolute Gasteiger partial charge is 0.336 e. The quantitative estimate of drug-likeness (QED) is 0.355. The van der Waals surface area contributed by atoms with Crippen molar-refractivity contribution in [3.8, 4) is 0 Å². The molecule has 0 aliphatic heterocycles. The van der Waals surface area contributed by atoms with Crippen LogP contribution in [0.3, 0.4) is 0 Å². The molecule has 0 aromatic rings. The van der Waals surface area contributed by atoms with E-state index in [9.17, 15) is 14.5 Å². The molecule has 8 heteroatoms. The van der Waals surface area contributed by atoms with Crippen LogP contribution in [0, 0.1) is 0 Å². The maximum Gasteiger partial charge on any atom is 0.336 e. The van der Waals surface area contributed by atoms with Gasteiger partial charge in [-0.3, -0.25) is 4.57 Å². The van der Waals surface area contributed by atoms with E-state index >= 15 is 0 Å². The minimum Gasteiger partial charge on any atom is -0.549 e. The van der Waals surface area contributed by atoms with Gasteiger partial charge >= 0.3 is 7.60 Å². The molecule has 90 valence electrons. The van der Waals surface area contributed by atoms with Crippen LogP contribution in [0.1, 0.15) is 0 Å². The molecule has 0 amide bonds. The Hall–Kier alpha value is -0.460. The van der Waals surface area contributed by atoms with Crippen molar-refractivity contribution in [2.75, 3.05) is 27.7 Å². The number of carboxylic acids is 1. The summed E-state index contributed by atoms with van der Waals surface area (Å²) < 4.78 is 11.2. The maximum absolute atomic E-state index is 10.9. The number of quaternary nitrogens is 1. The van der Waals surface area contributed by atoms with E-state index in [1.54, 1.807) is 21.1 Å². The average molecular weight is 240 g/mol. The van der Waals surface area contributed by atoms with Gasteiger partial charge in [0.25, 0.3) is 0 Å².